The molecule has 8 heteroatoms. The zero-order valence-corrected chi connectivity index (χ0v) is 20.0. The van der Waals surface area contributed by atoms with Crippen LogP contribution in [0.3, 0.4) is 0 Å². The number of imide groups is 1. The van der Waals surface area contributed by atoms with Gasteiger partial charge in [0.25, 0.3) is 11.1 Å². The minimum atomic E-state index is -0.376. The van der Waals surface area contributed by atoms with Crippen molar-refractivity contribution in [3.63, 3.8) is 0 Å². The number of rotatable bonds is 6. The van der Waals surface area contributed by atoms with Crippen molar-refractivity contribution in [3.8, 4) is 17.1 Å². The molecular weight excluding hydrogens is 493 g/mol. The lowest BCUT2D eigenvalue weighted by Crippen LogP contribution is -2.32. The first-order valence-electron chi connectivity index (χ1n) is 10.4. The summed E-state index contributed by atoms with van der Waals surface area (Å²) in [5, 5.41) is 2.68. The zero-order valence-electron chi connectivity index (χ0n) is 17.7. The van der Waals surface area contributed by atoms with E-state index in [4.69, 9.17) is 32.4 Å². The zero-order chi connectivity index (χ0) is 23.7. The molecule has 2 heterocycles. The summed E-state index contributed by atoms with van der Waals surface area (Å²) in [5.41, 5.74) is 0.685. The van der Waals surface area contributed by atoms with Crippen LogP contribution in [0.1, 0.15) is 5.76 Å². The van der Waals surface area contributed by atoms with Crippen LogP contribution in [0.15, 0.2) is 82.1 Å². The maximum absolute atomic E-state index is 12.8. The van der Waals surface area contributed by atoms with Gasteiger partial charge in [-0.25, -0.2) is 0 Å². The Labute approximate surface area is 209 Å². The largest absolute Gasteiger partial charge is 0.491 e. The highest BCUT2D eigenvalue weighted by atomic mass is 35.5. The van der Waals surface area contributed by atoms with Gasteiger partial charge in [-0.1, -0.05) is 59.6 Å². The first-order valence-corrected chi connectivity index (χ1v) is 12.0. The molecule has 0 N–H and O–H groups in total. The van der Waals surface area contributed by atoms with E-state index in [0.717, 1.165) is 22.5 Å². The lowest BCUT2D eigenvalue weighted by molar-refractivity contribution is -0.123. The molecule has 0 saturated carbocycles. The maximum Gasteiger partial charge on any atom is 0.293 e. The molecular formula is C26H17Cl2NO4S. The van der Waals surface area contributed by atoms with Crippen LogP contribution in [-0.2, 0) is 4.79 Å². The van der Waals surface area contributed by atoms with E-state index in [1.165, 1.54) is 4.90 Å². The van der Waals surface area contributed by atoms with Gasteiger partial charge < -0.3 is 9.15 Å². The quantitative estimate of drug-likeness (QED) is 0.251. The Balaban J connectivity index is 1.26. The number of carbonyl (C=O) groups excluding carboxylic acids is 2. The van der Waals surface area contributed by atoms with E-state index in [9.17, 15) is 9.59 Å². The van der Waals surface area contributed by atoms with Gasteiger partial charge in [-0.2, -0.15) is 0 Å². The minimum absolute atomic E-state index is 0.148. The van der Waals surface area contributed by atoms with E-state index < -0.39 is 0 Å². The topological polar surface area (TPSA) is 59.8 Å². The van der Waals surface area contributed by atoms with Gasteiger partial charge in [-0.05, 0) is 53.5 Å². The summed E-state index contributed by atoms with van der Waals surface area (Å²) < 4.78 is 11.7. The number of carbonyl (C=O) groups is 2. The average Bonchev–Trinajstić information content (AvgIpc) is 3.39. The van der Waals surface area contributed by atoms with E-state index in [0.29, 0.717) is 37.8 Å². The SMILES string of the molecule is O=C1S/C(=C\c2ccc(-c3ccc(Cl)cc3Cl)o2)C(=O)N1CCOc1cccc2ccccc12. The molecule has 1 aromatic heterocycles. The van der Waals surface area contributed by atoms with Gasteiger partial charge in [-0.3, -0.25) is 14.5 Å². The van der Waals surface area contributed by atoms with Gasteiger partial charge in [0.2, 0.25) is 0 Å². The van der Waals surface area contributed by atoms with Crippen molar-refractivity contribution in [1.29, 1.82) is 0 Å². The summed E-state index contributed by atoms with van der Waals surface area (Å²) in [4.78, 5) is 26.8. The smallest absolute Gasteiger partial charge is 0.293 e. The lowest BCUT2D eigenvalue weighted by atomic mass is 10.1. The van der Waals surface area contributed by atoms with Crippen molar-refractivity contribution in [2.45, 2.75) is 0 Å². The van der Waals surface area contributed by atoms with E-state index in [2.05, 4.69) is 0 Å². The average molecular weight is 510 g/mol. The van der Waals surface area contributed by atoms with Crippen molar-refractivity contribution in [1.82, 2.24) is 4.90 Å². The van der Waals surface area contributed by atoms with Gasteiger partial charge >= 0.3 is 0 Å². The van der Waals surface area contributed by atoms with Crippen LogP contribution < -0.4 is 4.74 Å². The fourth-order valence-electron chi connectivity index (χ4n) is 3.65. The monoisotopic (exact) mass is 509 g/mol. The normalized spacial score (nSPS) is 15.0. The Morgan fingerprint density at radius 2 is 1.79 bits per heavy atom. The molecule has 4 aromatic rings. The molecule has 0 unspecified atom stereocenters. The third-order valence-corrected chi connectivity index (χ3v) is 6.75. The second-order valence-electron chi connectivity index (χ2n) is 7.49. The van der Waals surface area contributed by atoms with Crippen molar-refractivity contribution >= 4 is 63.0 Å². The number of amides is 2. The number of nitrogens with zero attached hydrogens (tertiary/aromatic N) is 1. The predicted octanol–water partition coefficient (Wildman–Crippen LogP) is 7.52. The number of furan rings is 1. The van der Waals surface area contributed by atoms with E-state index in [-0.39, 0.29) is 24.3 Å². The van der Waals surface area contributed by atoms with Crippen LogP contribution >= 0.6 is 35.0 Å². The number of hydrogen-bond acceptors (Lipinski definition) is 5. The van der Waals surface area contributed by atoms with Crippen molar-refractivity contribution in [3.05, 3.63) is 93.5 Å². The van der Waals surface area contributed by atoms with Crippen LogP contribution in [0.25, 0.3) is 28.2 Å². The summed E-state index contributed by atoms with van der Waals surface area (Å²) in [7, 11) is 0. The van der Waals surface area contributed by atoms with Gasteiger partial charge in [0.1, 0.15) is 23.9 Å². The second-order valence-corrected chi connectivity index (χ2v) is 9.32. The van der Waals surface area contributed by atoms with Crippen LogP contribution in [0.4, 0.5) is 4.79 Å². The summed E-state index contributed by atoms with van der Waals surface area (Å²) >= 11 is 13.1. The molecule has 0 radical (unpaired) electrons. The first kappa shape index (κ1) is 22.6. The molecule has 3 aromatic carbocycles. The second kappa shape index (κ2) is 9.58. The number of halogens is 2. The first-order chi connectivity index (χ1) is 16.5. The number of ether oxygens (including phenoxy) is 1. The molecule has 1 aliphatic heterocycles. The van der Waals surface area contributed by atoms with Crippen molar-refractivity contribution in [2.24, 2.45) is 0 Å². The Bertz CT molecular complexity index is 1440. The molecule has 1 fully saturated rings. The highest BCUT2D eigenvalue weighted by molar-refractivity contribution is 8.18. The van der Waals surface area contributed by atoms with Crippen molar-refractivity contribution < 1.29 is 18.7 Å². The number of hydrogen-bond donors (Lipinski definition) is 0. The predicted molar refractivity (Wildman–Crippen MR) is 136 cm³/mol. The molecule has 1 saturated heterocycles. The van der Waals surface area contributed by atoms with Crippen LogP contribution in [-0.4, -0.2) is 29.2 Å². The summed E-state index contributed by atoms with van der Waals surface area (Å²) in [6, 6.07) is 22.3. The van der Waals surface area contributed by atoms with Gasteiger partial charge in [0.15, 0.2) is 0 Å². The van der Waals surface area contributed by atoms with Gasteiger partial charge in [0.05, 0.1) is 16.5 Å². The van der Waals surface area contributed by atoms with E-state index in [1.54, 1.807) is 36.4 Å². The van der Waals surface area contributed by atoms with Crippen molar-refractivity contribution in [2.75, 3.05) is 13.2 Å². The lowest BCUT2D eigenvalue weighted by Gasteiger charge is -2.14. The molecule has 1 aliphatic rings. The molecule has 0 atom stereocenters. The maximum atomic E-state index is 12.8. The highest BCUT2D eigenvalue weighted by Gasteiger charge is 2.35. The molecule has 0 spiro atoms. The number of fused-ring (bicyclic) bond motifs is 1. The molecule has 5 rings (SSSR count). The van der Waals surface area contributed by atoms with Crippen LogP contribution in [0.5, 0.6) is 5.75 Å². The summed E-state index contributed by atoms with van der Waals surface area (Å²) in [6.07, 6.45) is 1.56. The third kappa shape index (κ3) is 4.57. The van der Waals surface area contributed by atoms with Gasteiger partial charge in [-0.15, -0.1) is 0 Å². The standard InChI is InChI=1S/C26H17Cl2NO4S/c27-17-8-10-20(21(28)14-17)23-11-9-18(33-23)15-24-25(30)29(26(31)34-24)12-13-32-22-7-3-5-16-4-1-2-6-19(16)22/h1-11,14-15H,12-13H2/b24-15-. The fraction of sp³-hybridized carbons (Fsp3) is 0.0769. The van der Waals surface area contributed by atoms with E-state index in [1.807, 2.05) is 42.5 Å². The molecule has 170 valence electrons. The molecule has 5 nitrogen and oxygen atoms in total. The molecule has 2 amide bonds. The fourth-order valence-corrected chi connectivity index (χ4v) is 5.00. The number of benzene rings is 3. The van der Waals surface area contributed by atoms with Gasteiger partial charge in [0, 0.05) is 22.0 Å². The summed E-state index contributed by atoms with van der Waals surface area (Å²) in [6.45, 7) is 0.342. The molecule has 0 bridgehead atoms. The minimum Gasteiger partial charge on any atom is -0.491 e. The third-order valence-electron chi connectivity index (χ3n) is 5.29. The van der Waals surface area contributed by atoms with Crippen LogP contribution in [0.2, 0.25) is 10.0 Å². The molecule has 0 aliphatic carbocycles. The van der Waals surface area contributed by atoms with Crippen LogP contribution in [0, 0.1) is 0 Å². The Morgan fingerprint density at radius 1 is 0.971 bits per heavy atom. The number of thioether (sulfide) groups is 1. The van der Waals surface area contributed by atoms with E-state index >= 15 is 0 Å². The Hall–Kier alpha value is -3.19. The Morgan fingerprint density at radius 3 is 2.65 bits per heavy atom. The summed E-state index contributed by atoms with van der Waals surface area (Å²) in [5.74, 6) is 1.32. The molecule has 34 heavy (non-hydrogen) atoms. The highest BCUT2D eigenvalue weighted by Crippen LogP contribution is 2.35. The Kier molecular flexibility index (Phi) is 6.37.